The molecule has 0 spiro atoms. The van der Waals surface area contributed by atoms with E-state index in [0.717, 1.165) is 63.7 Å². The van der Waals surface area contributed by atoms with Crippen molar-refractivity contribution in [3.63, 3.8) is 0 Å². The Morgan fingerprint density at radius 2 is 0.614 bits per heavy atom. The lowest BCUT2D eigenvalue weighted by Gasteiger charge is -2.18. The highest BCUT2D eigenvalue weighted by Crippen LogP contribution is 2.17. The molecule has 0 aromatic carbocycles. The maximum atomic E-state index is 12.8. The Kier molecular flexibility index (Phi) is 44.2. The van der Waals surface area contributed by atoms with Gasteiger partial charge >= 0.3 is 17.9 Å². The molecule has 0 aromatic heterocycles. The molecule has 0 heterocycles. The molecule has 0 saturated heterocycles. The summed E-state index contributed by atoms with van der Waals surface area (Å²) in [6, 6.07) is 0. The van der Waals surface area contributed by atoms with Gasteiger partial charge in [0.25, 0.3) is 0 Å². The molecule has 0 aliphatic rings. The Balaban J connectivity index is 4.27. The number of esters is 3. The molecule has 0 aliphatic heterocycles. The van der Waals surface area contributed by atoms with Gasteiger partial charge in [-0.3, -0.25) is 14.4 Å². The van der Waals surface area contributed by atoms with E-state index in [-0.39, 0.29) is 31.1 Å². The van der Waals surface area contributed by atoms with Gasteiger partial charge in [-0.2, -0.15) is 0 Å². The van der Waals surface area contributed by atoms with Crippen LogP contribution in [0.3, 0.4) is 0 Å². The molecule has 57 heavy (non-hydrogen) atoms. The van der Waals surface area contributed by atoms with E-state index in [1.165, 1.54) is 180 Å². The largest absolute Gasteiger partial charge is 0.462 e. The zero-order chi connectivity index (χ0) is 41.7. The highest BCUT2D eigenvalue weighted by atomic mass is 16.6. The molecular weight excluding hydrogens is 709 g/mol. The maximum absolute atomic E-state index is 12.8. The normalized spacial score (nSPS) is 12.4. The Bertz CT molecular complexity index is 859. The summed E-state index contributed by atoms with van der Waals surface area (Å²) >= 11 is 0. The smallest absolute Gasteiger partial charge is 0.306 e. The van der Waals surface area contributed by atoms with Crippen molar-refractivity contribution >= 4 is 17.9 Å². The summed E-state index contributed by atoms with van der Waals surface area (Å²) in [6.07, 6.45) is 46.5. The fraction of sp³-hybridized carbons (Fsp3) is 0.941. The SMILES string of the molecule is CCCCCCCCCCCCCCCCCCC(=O)OC[C@H](COC(=O)CCCCCCCCCCC)OC(=O)CCCCCCCCCCCCC(C)CC. The number of hydrogen-bond donors (Lipinski definition) is 0. The summed E-state index contributed by atoms with van der Waals surface area (Å²) in [7, 11) is 0. The van der Waals surface area contributed by atoms with Crippen molar-refractivity contribution in [2.24, 2.45) is 5.92 Å². The van der Waals surface area contributed by atoms with Crippen LogP contribution in [-0.4, -0.2) is 37.2 Å². The van der Waals surface area contributed by atoms with Gasteiger partial charge in [-0.1, -0.05) is 246 Å². The maximum Gasteiger partial charge on any atom is 0.306 e. The number of carbonyl (C=O) groups is 3. The zero-order valence-corrected chi connectivity index (χ0v) is 38.8. The van der Waals surface area contributed by atoms with E-state index in [9.17, 15) is 14.4 Å². The number of unbranched alkanes of at least 4 members (excludes halogenated alkanes) is 32. The van der Waals surface area contributed by atoms with Gasteiger partial charge in [-0.05, 0) is 25.2 Å². The molecule has 0 radical (unpaired) electrons. The number of hydrogen-bond acceptors (Lipinski definition) is 6. The van der Waals surface area contributed by atoms with Crippen molar-refractivity contribution in [2.75, 3.05) is 13.2 Å². The van der Waals surface area contributed by atoms with Crippen LogP contribution in [0.4, 0.5) is 0 Å². The van der Waals surface area contributed by atoms with E-state index in [1.54, 1.807) is 0 Å². The topological polar surface area (TPSA) is 78.9 Å². The number of rotatable bonds is 46. The van der Waals surface area contributed by atoms with Crippen LogP contribution in [0.5, 0.6) is 0 Å². The van der Waals surface area contributed by atoms with Crippen LogP contribution < -0.4 is 0 Å². The van der Waals surface area contributed by atoms with E-state index in [2.05, 4.69) is 27.7 Å². The molecule has 1 unspecified atom stereocenters. The first-order chi connectivity index (χ1) is 27.9. The second kappa shape index (κ2) is 45.5. The fourth-order valence-corrected chi connectivity index (χ4v) is 7.66. The highest BCUT2D eigenvalue weighted by Gasteiger charge is 2.19. The highest BCUT2D eigenvalue weighted by molar-refractivity contribution is 5.71. The minimum Gasteiger partial charge on any atom is -0.462 e. The van der Waals surface area contributed by atoms with Gasteiger partial charge in [-0.25, -0.2) is 0 Å². The third-order valence-corrected chi connectivity index (χ3v) is 11.9. The molecule has 6 heteroatoms. The molecule has 0 fully saturated rings. The number of ether oxygens (including phenoxy) is 3. The first-order valence-corrected chi connectivity index (χ1v) is 25.4. The van der Waals surface area contributed by atoms with Gasteiger partial charge in [0.1, 0.15) is 13.2 Å². The summed E-state index contributed by atoms with van der Waals surface area (Å²) in [5, 5.41) is 0. The van der Waals surface area contributed by atoms with Crippen LogP contribution >= 0.6 is 0 Å². The monoisotopic (exact) mass is 807 g/mol. The fourth-order valence-electron chi connectivity index (χ4n) is 7.66. The molecule has 0 rings (SSSR count). The number of carbonyl (C=O) groups excluding carboxylic acids is 3. The van der Waals surface area contributed by atoms with E-state index in [1.807, 2.05) is 0 Å². The molecule has 0 saturated carbocycles. The van der Waals surface area contributed by atoms with Crippen LogP contribution in [0, 0.1) is 5.92 Å². The van der Waals surface area contributed by atoms with Crippen molar-refractivity contribution < 1.29 is 28.6 Å². The average molecular weight is 807 g/mol. The van der Waals surface area contributed by atoms with Crippen LogP contribution in [0.25, 0.3) is 0 Å². The second-order valence-corrected chi connectivity index (χ2v) is 17.7. The van der Waals surface area contributed by atoms with Crippen molar-refractivity contribution in [3.8, 4) is 0 Å². The summed E-state index contributed by atoms with van der Waals surface area (Å²) in [5.74, 6) is 0.0186. The lowest BCUT2D eigenvalue weighted by atomic mass is 9.99. The Labute approximate surface area is 355 Å². The van der Waals surface area contributed by atoms with E-state index in [4.69, 9.17) is 14.2 Å². The molecule has 338 valence electrons. The molecule has 0 amide bonds. The second-order valence-electron chi connectivity index (χ2n) is 17.7. The van der Waals surface area contributed by atoms with Gasteiger partial charge in [0.2, 0.25) is 0 Å². The van der Waals surface area contributed by atoms with Crippen LogP contribution in [-0.2, 0) is 28.6 Å². The van der Waals surface area contributed by atoms with Gasteiger partial charge in [-0.15, -0.1) is 0 Å². The first kappa shape index (κ1) is 55.4. The molecule has 0 aromatic rings. The summed E-state index contributed by atoms with van der Waals surface area (Å²) in [5.41, 5.74) is 0. The summed E-state index contributed by atoms with van der Waals surface area (Å²) in [6.45, 7) is 9.03. The van der Waals surface area contributed by atoms with Crippen molar-refractivity contribution in [1.82, 2.24) is 0 Å². The van der Waals surface area contributed by atoms with Gasteiger partial charge in [0.15, 0.2) is 6.10 Å². The summed E-state index contributed by atoms with van der Waals surface area (Å²) in [4.78, 5) is 37.8. The van der Waals surface area contributed by atoms with Crippen LogP contribution in [0.15, 0.2) is 0 Å². The minimum absolute atomic E-state index is 0.0631. The van der Waals surface area contributed by atoms with Crippen LogP contribution in [0.2, 0.25) is 0 Å². The quantitative estimate of drug-likeness (QED) is 0.0346. The van der Waals surface area contributed by atoms with Crippen LogP contribution in [0.1, 0.15) is 285 Å². The molecule has 0 N–H and O–H groups in total. The van der Waals surface area contributed by atoms with Gasteiger partial charge in [0.05, 0.1) is 0 Å². The predicted octanol–water partition coefficient (Wildman–Crippen LogP) is 16.3. The van der Waals surface area contributed by atoms with Crippen molar-refractivity contribution in [1.29, 1.82) is 0 Å². The third kappa shape index (κ3) is 43.8. The third-order valence-electron chi connectivity index (χ3n) is 11.9. The molecule has 0 aliphatic carbocycles. The average Bonchev–Trinajstić information content (AvgIpc) is 3.21. The lowest BCUT2D eigenvalue weighted by molar-refractivity contribution is -0.167. The minimum atomic E-state index is -0.760. The first-order valence-electron chi connectivity index (χ1n) is 25.4. The van der Waals surface area contributed by atoms with E-state index < -0.39 is 6.10 Å². The molecule has 6 nitrogen and oxygen atoms in total. The summed E-state index contributed by atoms with van der Waals surface area (Å²) < 4.78 is 16.8. The van der Waals surface area contributed by atoms with Crippen molar-refractivity contribution in [3.05, 3.63) is 0 Å². The molecule has 0 bridgehead atoms. The Hall–Kier alpha value is -1.59. The van der Waals surface area contributed by atoms with Gasteiger partial charge < -0.3 is 14.2 Å². The standard InChI is InChI=1S/C51H98O6/c1-5-8-10-12-14-16-17-18-19-20-21-22-27-31-35-39-43-50(53)56-46-48(45-55-49(52)42-38-34-30-25-15-13-11-9-6-2)57-51(54)44-40-36-32-28-24-23-26-29-33-37-41-47(4)7-3/h47-48H,5-46H2,1-4H3/t47?,48-/m0/s1. The lowest BCUT2D eigenvalue weighted by Crippen LogP contribution is -2.30. The Morgan fingerprint density at radius 1 is 0.351 bits per heavy atom. The molecule has 2 atom stereocenters. The van der Waals surface area contributed by atoms with Crippen molar-refractivity contribution in [2.45, 2.75) is 291 Å². The Morgan fingerprint density at radius 3 is 0.912 bits per heavy atom. The van der Waals surface area contributed by atoms with E-state index in [0.29, 0.717) is 19.3 Å². The predicted molar refractivity (Wildman–Crippen MR) is 243 cm³/mol. The van der Waals surface area contributed by atoms with E-state index >= 15 is 0 Å². The van der Waals surface area contributed by atoms with Gasteiger partial charge in [0, 0.05) is 19.3 Å². The molecular formula is C51H98O6. The zero-order valence-electron chi connectivity index (χ0n) is 38.8.